The molecule has 3 heterocycles. The van der Waals surface area contributed by atoms with E-state index in [9.17, 15) is 45.0 Å². The highest BCUT2D eigenvalue weighted by atomic mass is 16.7. The van der Waals surface area contributed by atoms with Crippen LogP contribution in [0, 0.1) is 17.2 Å². The number of rotatable bonds is 17. The second-order valence-electron chi connectivity index (χ2n) is 15.2. The summed E-state index contributed by atoms with van der Waals surface area (Å²) in [6.07, 6.45) is 11.5. The lowest BCUT2D eigenvalue weighted by molar-refractivity contribution is -0.359. The topological polar surface area (TPSA) is 217 Å². The quantitative estimate of drug-likeness (QED) is 0.0687. The lowest BCUT2D eigenvalue weighted by Gasteiger charge is -2.53. The first-order chi connectivity index (χ1) is 27.7. The number of aliphatic hydroxyl groups is 5. The van der Waals surface area contributed by atoms with Gasteiger partial charge in [-0.25, -0.2) is 0 Å². The molecule has 2 fully saturated rings. The summed E-state index contributed by atoms with van der Waals surface area (Å²) >= 11 is 0. The van der Waals surface area contributed by atoms with Crippen molar-refractivity contribution in [3.05, 3.63) is 112 Å². The standard InChI is InChI=1S/C44H62N2O12/c1-10-12-14-22-32-43(6,7)39(51)40(52)44(55,58-32)29(11-2)41(53)45-24-18-17-20-27(4)37(56-9)28(5)38-36(50)35(49)31(57-38)21-16-13-15-19-26(3)34(48)33-30(47)23-25-46(8)42(33)54/h10,12-23,25,28-29,31-32,35-40,47,49-52,55H,11,24H2,1-9H3,(H,45,53)/b12-10-,15-13+,18-17+,21-16+,22-14+,26-19+,27-20+/t28?,29-,31?,32-,35?,36?,37?,38?,39-,40+,44+/m0/s1/i29D. The Morgan fingerprint density at radius 1 is 1.03 bits per heavy atom. The van der Waals surface area contributed by atoms with Crippen LogP contribution in [-0.2, 0) is 26.1 Å². The van der Waals surface area contributed by atoms with E-state index in [0.29, 0.717) is 0 Å². The second-order valence-corrected chi connectivity index (χ2v) is 15.2. The van der Waals surface area contributed by atoms with Crippen molar-refractivity contribution in [3.8, 4) is 5.75 Å². The van der Waals surface area contributed by atoms with Gasteiger partial charge >= 0.3 is 0 Å². The van der Waals surface area contributed by atoms with Crippen LogP contribution < -0.4 is 10.9 Å². The molecule has 2 aliphatic heterocycles. The molecule has 58 heavy (non-hydrogen) atoms. The van der Waals surface area contributed by atoms with Crippen molar-refractivity contribution in [1.82, 2.24) is 9.88 Å². The van der Waals surface area contributed by atoms with Gasteiger partial charge in [0.2, 0.25) is 11.7 Å². The molecule has 3 rings (SSSR count). The molecule has 0 radical (unpaired) electrons. The van der Waals surface area contributed by atoms with Crippen molar-refractivity contribution < 1.29 is 55.8 Å². The number of aliphatic hydroxyl groups excluding tert-OH is 4. The third-order valence-corrected chi connectivity index (χ3v) is 10.8. The maximum Gasteiger partial charge on any atom is 0.265 e. The van der Waals surface area contributed by atoms with Gasteiger partial charge in [-0.15, -0.1) is 0 Å². The highest BCUT2D eigenvalue weighted by Crippen LogP contribution is 2.44. The molecule has 0 aromatic carbocycles. The number of Topliss-reactive ketones (excluding diaryl/α,β-unsaturated/α-hetero) is 1. The maximum atomic E-state index is 13.5. The van der Waals surface area contributed by atoms with E-state index in [4.69, 9.17) is 15.6 Å². The van der Waals surface area contributed by atoms with E-state index in [1.165, 1.54) is 50.9 Å². The summed E-state index contributed by atoms with van der Waals surface area (Å²) in [7, 11) is 2.98. The smallest absolute Gasteiger partial charge is 0.265 e. The normalized spacial score (nSPS) is 30.7. The van der Waals surface area contributed by atoms with Gasteiger partial charge in [0.15, 0.2) is 5.78 Å². The van der Waals surface area contributed by atoms with Crippen LogP contribution in [0.5, 0.6) is 5.75 Å². The Kier molecular flexibility index (Phi) is 16.9. The molecule has 2 aliphatic rings. The van der Waals surface area contributed by atoms with E-state index in [2.05, 4.69) is 5.32 Å². The van der Waals surface area contributed by atoms with Crippen LogP contribution in [0.3, 0.4) is 0 Å². The molecule has 0 saturated carbocycles. The SMILES string of the molecule is [2H][C@](CC)(C(=O)NC/C=C/C=C(\C)C(OC)C(C)C1OC(/C=C/C=C/C=C(\C)C(=O)c2c(O)ccn(C)c2=O)C(O)C1O)[C@@]1(O)O[C@@H](/C=C/C=C\C)C(C)(C)[C@@H](O)[C@H]1O. The predicted molar refractivity (Wildman–Crippen MR) is 220 cm³/mol. The van der Waals surface area contributed by atoms with Gasteiger partial charge in [0, 0.05) is 39.6 Å². The van der Waals surface area contributed by atoms with Crippen molar-refractivity contribution in [2.24, 2.45) is 24.3 Å². The number of methoxy groups -OCH3 is 1. The molecule has 0 aliphatic carbocycles. The maximum absolute atomic E-state index is 13.5. The van der Waals surface area contributed by atoms with E-state index in [-0.39, 0.29) is 24.1 Å². The minimum Gasteiger partial charge on any atom is -0.507 e. The second kappa shape index (κ2) is 21.1. The Morgan fingerprint density at radius 2 is 1.71 bits per heavy atom. The van der Waals surface area contributed by atoms with Crippen LogP contribution in [0.2, 0.25) is 0 Å². The molecule has 1 aromatic heterocycles. The number of hydrogen-bond donors (Lipinski definition) is 7. The number of aryl methyl sites for hydroxylation is 1. The number of nitrogens with one attached hydrogen (secondary N) is 1. The lowest BCUT2D eigenvalue weighted by Crippen LogP contribution is -2.69. The van der Waals surface area contributed by atoms with Crippen LogP contribution in [0.4, 0.5) is 0 Å². The largest absolute Gasteiger partial charge is 0.507 e. The van der Waals surface area contributed by atoms with E-state index < -0.39 is 94.8 Å². The molecule has 1 aromatic rings. The molecular weight excluding hydrogens is 748 g/mol. The molecule has 7 N–H and O–H groups in total. The Balaban J connectivity index is 1.64. The average Bonchev–Trinajstić information content (AvgIpc) is 3.48. The molecule has 320 valence electrons. The molecule has 14 nitrogen and oxygen atoms in total. The van der Waals surface area contributed by atoms with Crippen LogP contribution in [0.25, 0.3) is 0 Å². The minimum atomic E-state index is -2.74. The van der Waals surface area contributed by atoms with Gasteiger partial charge in [-0.3, -0.25) is 14.4 Å². The van der Waals surface area contributed by atoms with Gasteiger partial charge < -0.3 is 54.7 Å². The Bertz CT molecular complexity index is 1910. The summed E-state index contributed by atoms with van der Waals surface area (Å²) in [5.41, 5.74) is -1.04. The highest BCUT2D eigenvalue weighted by Gasteiger charge is 2.60. The lowest BCUT2D eigenvalue weighted by atomic mass is 9.71. The third kappa shape index (κ3) is 10.9. The average molecular weight is 812 g/mol. The van der Waals surface area contributed by atoms with Crippen LogP contribution in [-0.4, -0.2) is 115 Å². The summed E-state index contributed by atoms with van der Waals surface area (Å²) in [6, 6.07) is 1.27. The van der Waals surface area contributed by atoms with Gasteiger partial charge in [-0.1, -0.05) is 101 Å². The number of ether oxygens (including phenoxy) is 3. The van der Waals surface area contributed by atoms with Crippen molar-refractivity contribution in [2.45, 2.75) is 110 Å². The molecule has 11 atom stereocenters. The van der Waals surface area contributed by atoms with Crippen molar-refractivity contribution in [2.75, 3.05) is 13.7 Å². The zero-order chi connectivity index (χ0) is 44.5. The fourth-order valence-corrected chi connectivity index (χ4v) is 7.09. The number of hydrogen-bond acceptors (Lipinski definition) is 12. The van der Waals surface area contributed by atoms with Gasteiger partial charge in [0.05, 0.1) is 30.3 Å². The van der Waals surface area contributed by atoms with Crippen molar-refractivity contribution in [3.63, 3.8) is 0 Å². The zero-order valence-corrected chi connectivity index (χ0v) is 34.8. The number of pyridine rings is 1. The molecule has 6 unspecified atom stereocenters. The summed E-state index contributed by atoms with van der Waals surface area (Å²) < 4.78 is 27.9. The van der Waals surface area contributed by atoms with Crippen LogP contribution in [0.15, 0.2) is 101 Å². The van der Waals surface area contributed by atoms with E-state index >= 15 is 0 Å². The number of allylic oxidation sites excluding steroid dienone is 10. The molecule has 1 amide bonds. The molecular formula is C44H62N2O12. The number of aromatic nitrogens is 1. The van der Waals surface area contributed by atoms with Crippen molar-refractivity contribution >= 4 is 11.7 Å². The van der Waals surface area contributed by atoms with Crippen LogP contribution >= 0.6 is 0 Å². The highest BCUT2D eigenvalue weighted by molar-refractivity contribution is 6.09. The van der Waals surface area contributed by atoms with Gasteiger partial charge in [0.25, 0.3) is 5.56 Å². The predicted octanol–water partition coefficient (Wildman–Crippen LogP) is 3.09. The zero-order valence-electron chi connectivity index (χ0n) is 35.8. The summed E-state index contributed by atoms with van der Waals surface area (Å²) in [5, 5.41) is 68.0. The summed E-state index contributed by atoms with van der Waals surface area (Å²) in [5.74, 6) is -7.50. The Labute approximate surface area is 342 Å². The molecule has 14 heteroatoms. The van der Waals surface area contributed by atoms with Gasteiger partial charge in [0.1, 0.15) is 35.7 Å². The third-order valence-electron chi connectivity index (χ3n) is 10.8. The number of amides is 1. The summed E-state index contributed by atoms with van der Waals surface area (Å²) in [6.45, 7) is 11.7. The fourth-order valence-electron chi connectivity index (χ4n) is 7.09. The number of aromatic hydroxyl groups is 1. The van der Waals surface area contributed by atoms with Gasteiger partial charge in [-0.05, 0) is 44.4 Å². The minimum absolute atomic E-state index is 0.0530. The van der Waals surface area contributed by atoms with E-state index in [1.54, 1.807) is 80.7 Å². The van der Waals surface area contributed by atoms with Crippen molar-refractivity contribution in [1.29, 1.82) is 0 Å². The first-order valence-electron chi connectivity index (χ1n) is 19.8. The first kappa shape index (κ1) is 46.4. The first-order valence-corrected chi connectivity index (χ1v) is 19.3. The Hall–Kier alpha value is -4.25. The number of carbonyl (C=O) groups is 2. The molecule has 0 bridgehead atoms. The number of carbonyl (C=O) groups excluding carboxylic acids is 2. The fraction of sp³-hybridized carbons (Fsp3) is 0.523. The van der Waals surface area contributed by atoms with E-state index in [0.717, 1.165) is 5.57 Å². The Morgan fingerprint density at radius 3 is 2.34 bits per heavy atom. The number of nitrogens with zero attached hydrogens (tertiary/aromatic N) is 1. The summed E-state index contributed by atoms with van der Waals surface area (Å²) in [4.78, 5) is 38.6. The molecule has 0 spiro atoms. The van der Waals surface area contributed by atoms with E-state index in [1.807, 2.05) is 20.8 Å². The monoisotopic (exact) mass is 811 g/mol. The molecule has 2 saturated heterocycles. The van der Waals surface area contributed by atoms with Crippen LogP contribution in [0.1, 0.15) is 66.6 Å². The van der Waals surface area contributed by atoms with Gasteiger partial charge in [-0.2, -0.15) is 0 Å². The number of ketones is 1.